The van der Waals surface area contributed by atoms with Crippen molar-refractivity contribution in [2.45, 2.75) is 96.6 Å². The Bertz CT molecular complexity index is 870. The molecule has 1 aliphatic rings. The van der Waals surface area contributed by atoms with Gasteiger partial charge in [-0.05, 0) is 49.3 Å². The Kier molecular flexibility index (Phi) is 9.91. The van der Waals surface area contributed by atoms with Gasteiger partial charge in [-0.15, -0.1) is 0 Å². The van der Waals surface area contributed by atoms with Crippen LogP contribution < -0.4 is 0 Å². The number of hydrogen-bond acceptors (Lipinski definition) is 4. The predicted molar refractivity (Wildman–Crippen MR) is 138 cm³/mol. The molecule has 34 heavy (non-hydrogen) atoms. The number of allylic oxidation sites excluding steroid dienone is 1. The molecule has 0 aliphatic heterocycles. The highest BCUT2D eigenvalue weighted by atomic mass is 16.5. The molecule has 0 amide bonds. The zero-order valence-electron chi connectivity index (χ0n) is 21.1. The van der Waals surface area contributed by atoms with Gasteiger partial charge < -0.3 is 9.84 Å². The first-order valence-electron chi connectivity index (χ1n) is 12.8. The van der Waals surface area contributed by atoms with Gasteiger partial charge >= 0.3 is 5.97 Å². The van der Waals surface area contributed by atoms with Crippen LogP contribution in [0, 0.1) is 0 Å². The molecule has 2 aromatic rings. The standard InChI is InChI=1S/C30H41NO3/c1-4-5-19-30(33)20-13-12-18-28(30)21-29(34-25(3)32)24(2)31(22-26-14-8-6-9-15-26)23-27-16-10-7-11-17-27/h6-11,14-18,24,29,33H,4-5,12-13,19-23H2,1-3H3/t24-,29-,30?/m0/s1. The fourth-order valence-corrected chi connectivity index (χ4v) is 5.00. The van der Waals surface area contributed by atoms with E-state index in [1.807, 2.05) is 12.1 Å². The molecule has 0 saturated heterocycles. The summed E-state index contributed by atoms with van der Waals surface area (Å²) in [4.78, 5) is 14.5. The van der Waals surface area contributed by atoms with Gasteiger partial charge in [0, 0.05) is 32.5 Å². The van der Waals surface area contributed by atoms with Crippen molar-refractivity contribution in [1.82, 2.24) is 4.90 Å². The second-order valence-corrected chi connectivity index (χ2v) is 9.73. The SMILES string of the molecule is CCCCC1(O)CCCC=C1C[C@H](OC(C)=O)[C@H](C)N(Cc1ccccc1)Cc1ccccc1. The second-order valence-electron chi connectivity index (χ2n) is 9.73. The molecule has 1 unspecified atom stereocenters. The highest BCUT2D eigenvalue weighted by molar-refractivity contribution is 5.66. The minimum absolute atomic E-state index is 0.0254. The lowest BCUT2D eigenvalue weighted by atomic mass is 9.77. The summed E-state index contributed by atoms with van der Waals surface area (Å²) < 4.78 is 5.94. The summed E-state index contributed by atoms with van der Waals surface area (Å²) in [5.74, 6) is -0.273. The van der Waals surface area contributed by atoms with Crippen molar-refractivity contribution in [1.29, 1.82) is 0 Å². The first-order chi connectivity index (χ1) is 16.4. The fraction of sp³-hybridized carbons (Fsp3) is 0.500. The van der Waals surface area contributed by atoms with Crippen molar-refractivity contribution >= 4 is 5.97 Å². The topological polar surface area (TPSA) is 49.8 Å². The van der Waals surface area contributed by atoms with E-state index in [4.69, 9.17) is 4.74 Å². The molecule has 3 atom stereocenters. The minimum atomic E-state index is -0.782. The lowest BCUT2D eigenvalue weighted by Gasteiger charge is -2.39. The van der Waals surface area contributed by atoms with E-state index in [9.17, 15) is 9.90 Å². The largest absolute Gasteiger partial charge is 0.461 e. The Hall–Kier alpha value is -2.43. The van der Waals surface area contributed by atoms with Gasteiger partial charge in [-0.2, -0.15) is 0 Å². The summed E-state index contributed by atoms with van der Waals surface area (Å²) in [6.07, 6.45) is 8.03. The molecule has 0 fully saturated rings. The Morgan fingerprint density at radius 1 is 1.06 bits per heavy atom. The average molecular weight is 464 g/mol. The number of rotatable bonds is 12. The van der Waals surface area contributed by atoms with Crippen LogP contribution in [-0.4, -0.2) is 33.7 Å². The summed E-state index contributed by atoms with van der Waals surface area (Å²) in [6.45, 7) is 7.30. The van der Waals surface area contributed by atoms with Crippen LogP contribution in [0.4, 0.5) is 0 Å². The maximum absolute atomic E-state index is 12.2. The van der Waals surface area contributed by atoms with Crippen LogP contribution in [0.2, 0.25) is 0 Å². The quantitative estimate of drug-likeness (QED) is 0.291. The van der Waals surface area contributed by atoms with Crippen molar-refractivity contribution < 1.29 is 14.6 Å². The monoisotopic (exact) mass is 463 g/mol. The Labute approximate surface area is 205 Å². The van der Waals surface area contributed by atoms with Gasteiger partial charge in [0.05, 0.1) is 5.60 Å². The van der Waals surface area contributed by atoms with Crippen LogP contribution in [0.25, 0.3) is 0 Å². The Morgan fingerprint density at radius 3 is 2.18 bits per heavy atom. The molecule has 4 nitrogen and oxygen atoms in total. The van der Waals surface area contributed by atoms with Gasteiger partial charge in [0.25, 0.3) is 0 Å². The number of carbonyl (C=O) groups excluding carboxylic acids is 1. The van der Waals surface area contributed by atoms with E-state index in [-0.39, 0.29) is 18.1 Å². The lowest BCUT2D eigenvalue weighted by molar-refractivity contribution is -0.150. The van der Waals surface area contributed by atoms with Crippen molar-refractivity contribution in [2.75, 3.05) is 0 Å². The zero-order valence-corrected chi connectivity index (χ0v) is 21.1. The third-order valence-corrected chi connectivity index (χ3v) is 7.04. The number of hydrogen-bond donors (Lipinski definition) is 1. The van der Waals surface area contributed by atoms with Crippen LogP contribution in [0.5, 0.6) is 0 Å². The highest BCUT2D eigenvalue weighted by Gasteiger charge is 2.36. The first kappa shape index (κ1) is 26.2. The molecule has 0 aromatic heterocycles. The summed E-state index contributed by atoms with van der Waals surface area (Å²) in [6, 6.07) is 20.8. The van der Waals surface area contributed by atoms with E-state index in [1.54, 1.807) is 0 Å². The van der Waals surface area contributed by atoms with E-state index in [0.717, 1.165) is 57.2 Å². The third kappa shape index (κ3) is 7.54. The zero-order chi connectivity index (χ0) is 24.4. The van der Waals surface area contributed by atoms with Gasteiger partial charge in [0.15, 0.2) is 0 Å². The molecule has 0 saturated carbocycles. The smallest absolute Gasteiger partial charge is 0.302 e. The molecule has 2 aromatic carbocycles. The maximum Gasteiger partial charge on any atom is 0.302 e. The summed E-state index contributed by atoms with van der Waals surface area (Å²) >= 11 is 0. The van der Waals surface area contributed by atoms with Crippen LogP contribution in [0.3, 0.4) is 0 Å². The third-order valence-electron chi connectivity index (χ3n) is 7.04. The molecule has 0 heterocycles. The van der Waals surface area contributed by atoms with Crippen molar-refractivity contribution in [3.05, 3.63) is 83.4 Å². The molecule has 4 heteroatoms. The summed E-state index contributed by atoms with van der Waals surface area (Å²) in [5, 5.41) is 11.5. The number of ether oxygens (including phenoxy) is 1. The number of benzene rings is 2. The lowest BCUT2D eigenvalue weighted by Crippen LogP contribution is -2.45. The molecule has 0 radical (unpaired) electrons. The van der Waals surface area contributed by atoms with Crippen LogP contribution in [0.1, 0.15) is 76.8 Å². The predicted octanol–water partition coefficient (Wildman–Crippen LogP) is 6.43. The van der Waals surface area contributed by atoms with Crippen molar-refractivity contribution in [3.8, 4) is 0 Å². The van der Waals surface area contributed by atoms with Crippen molar-refractivity contribution in [2.24, 2.45) is 0 Å². The van der Waals surface area contributed by atoms with E-state index in [1.165, 1.54) is 18.1 Å². The molecule has 0 spiro atoms. The van der Waals surface area contributed by atoms with Crippen LogP contribution in [0.15, 0.2) is 72.3 Å². The molecular weight excluding hydrogens is 422 g/mol. The Morgan fingerprint density at radius 2 is 1.65 bits per heavy atom. The maximum atomic E-state index is 12.2. The molecular formula is C30H41NO3. The van der Waals surface area contributed by atoms with Gasteiger partial charge in [0.2, 0.25) is 0 Å². The molecule has 1 aliphatic carbocycles. The minimum Gasteiger partial charge on any atom is -0.461 e. The summed E-state index contributed by atoms with van der Waals surface area (Å²) in [7, 11) is 0. The van der Waals surface area contributed by atoms with Gasteiger partial charge in [-0.3, -0.25) is 9.69 Å². The number of aliphatic hydroxyl groups is 1. The van der Waals surface area contributed by atoms with Crippen LogP contribution in [-0.2, 0) is 22.6 Å². The van der Waals surface area contributed by atoms with Gasteiger partial charge in [-0.25, -0.2) is 0 Å². The van der Waals surface area contributed by atoms with Crippen LogP contribution >= 0.6 is 0 Å². The summed E-state index contributed by atoms with van der Waals surface area (Å²) in [5.41, 5.74) is 2.71. The second kappa shape index (κ2) is 12.9. The van der Waals surface area contributed by atoms with Crippen molar-refractivity contribution in [3.63, 3.8) is 0 Å². The number of esters is 1. The number of nitrogens with zero attached hydrogens (tertiary/aromatic N) is 1. The average Bonchev–Trinajstić information content (AvgIpc) is 2.84. The van der Waals surface area contributed by atoms with Gasteiger partial charge in [0.1, 0.15) is 6.10 Å². The Balaban J connectivity index is 1.86. The van der Waals surface area contributed by atoms with E-state index < -0.39 is 5.60 Å². The number of carbonyl (C=O) groups is 1. The first-order valence-corrected chi connectivity index (χ1v) is 12.8. The molecule has 184 valence electrons. The van der Waals surface area contributed by atoms with E-state index in [0.29, 0.717) is 6.42 Å². The molecule has 0 bridgehead atoms. The fourth-order valence-electron chi connectivity index (χ4n) is 5.00. The normalized spacial score (nSPS) is 20.0. The van der Waals surface area contributed by atoms with E-state index in [2.05, 4.69) is 73.4 Å². The highest BCUT2D eigenvalue weighted by Crippen LogP contribution is 2.37. The van der Waals surface area contributed by atoms with Gasteiger partial charge in [-0.1, -0.05) is 86.5 Å². The molecule has 1 N–H and O–H groups in total. The molecule has 3 rings (SSSR count). The number of unbranched alkanes of at least 4 members (excludes halogenated alkanes) is 1. The van der Waals surface area contributed by atoms with E-state index >= 15 is 0 Å².